The summed E-state index contributed by atoms with van der Waals surface area (Å²) < 4.78 is 10.5. The Labute approximate surface area is 140 Å². The minimum Gasteiger partial charge on any atom is -0.462 e. The second-order valence-corrected chi connectivity index (χ2v) is 6.57. The molecule has 8 heteroatoms. The molecule has 1 saturated heterocycles. The molecule has 2 aliphatic rings. The summed E-state index contributed by atoms with van der Waals surface area (Å²) in [6, 6.07) is 0. The first-order valence-electron chi connectivity index (χ1n) is 8.28. The van der Waals surface area contributed by atoms with E-state index in [0.717, 1.165) is 6.42 Å². The third-order valence-electron chi connectivity index (χ3n) is 4.03. The van der Waals surface area contributed by atoms with Crippen molar-refractivity contribution in [3.8, 4) is 0 Å². The number of hydrogen-bond acceptors (Lipinski definition) is 7. The van der Waals surface area contributed by atoms with Gasteiger partial charge in [0.05, 0.1) is 6.61 Å². The van der Waals surface area contributed by atoms with Crippen LogP contribution in [-0.2, 0) is 28.7 Å². The van der Waals surface area contributed by atoms with E-state index in [-0.39, 0.29) is 25.4 Å². The molecule has 24 heavy (non-hydrogen) atoms. The second-order valence-electron chi connectivity index (χ2n) is 6.57. The van der Waals surface area contributed by atoms with Crippen molar-refractivity contribution in [2.45, 2.75) is 64.4 Å². The molecule has 0 bridgehead atoms. The lowest BCUT2D eigenvalue weighted by Crippen LogP contribution is -2.47. The lowest BCUT2D eigenvalue weighted by Gasteiger charge is -2.34. The number of esters is 1. The molecule has 134 valence electrons. The summed E-state index contributed by atoms with van der Waals surface area (Å²) in [5.41, 5.74) is -1.41. The van der Waals surface area contributed by atoms with Crippen molar-refractivity contribution in [1.82, 2.24) is 5.06 Å². The molecular formula is C16H23NO7. The van der Waals surface area contributed by atoms with Crippen LogP contribution in [0.15, 0.2) is 0 Å². The van der Waals surface area contributed by atoms with Crippen LogP contribution in [0.2, 0.25) is 0 Å². The van der Waals surface area contributed by atoms with Crippen LogP contribution in [0, 0.1) is 5.92 Å². The standard InChI is InChI=1S/C16H23NO7/c1-11(2)10-22-14(20)16(8-4-3-5-9-16)23-15(21)24-17-12(18)6-7-13(17)19/h11H,3-10H2,1-2H3. The van der Waals surface area contributed by atoms with Crippen molar-refractivity contribution in [2.24, 2.45) is 5.92 Å². The summed E-state index contributed by atoms with van der Waals surface area (Å²) in [6.07, 6.45) is 1.78. The van der Waals surface area contributed by atoms with Crippen molar-refractivity contribution in [1.29, 1.82) is 0 Å². The monoisotopic (exact) mass is 341 g/mol. The zero-order valence-corrected chi connectivity index (χ0v) is 14.0. The number of carbonyl (C=O) groups excluding carboxylic acids is 4. The first-order valence-corrected chi connectivity index (χ1v) is 8.28. The maximum atomic E-state index is 12.4. The minimum atomic E-state index is -1.41. The Morgan fingerprint density at radius 2 is 1.67 bits per heavy atom. The van der Waals surface area contributed by atoms with E-state index in [1.807, 2.05) is 13.8 Å². The average molecular weight is 341 g/mol. The van der Waals surface area contributed by atoms with Gasteiger partial charge >= 0.3 is 12.1 Å². The van der Waals surface area contributed by atoms with Gasteiger partial charge in [-0.05, 0) is 31.6 Å². The smallest absolute Gasteiger partial charge is 0.462 e. The summed E-state index contributed by atoms with van der Waals surface area (Å²) >= 11 is 0. The third kappa shape index (κ3) is 4.24. The number of imide groups is 1. The molecule has 0 aromatic carbocycles. The normalized spacial score (nSPS) is 20.2. The van der Waals surface area contributed by atoms with Gasteiger partial charge in [0.25, 0.3) is 11.8 Å². The van der Waals surface area contributed by atoms with Crippen molar-refractivity contribution in [3.05, 3.63) is 0 Å². The van der Waals surface area contributed by atoms with Gasteiger partial charge in [-0.1, -0.05) is 25.3 Å². The number of rotatable bonds is 5. The second kappa shape index (κ2) is 7.63. The SMILES string of the molecule is CC(C)COC(=O)C1(OC(=O)ON2C(=O)CCC2=O)CCCCC1. The van der Waals surface area contributed by atoms with Crippen LogP contribution < -0.4 is 0 Å². The van der Waals surface area contributed by atoms with Gasteiger partial charge in [0.2, 0.25) is 5.60 Å². The average Bonchev–Trinajstić information content (AvgIpc) is 2.85. The summed E-state index contributed by atoms with van der Waals surface area (Å²) in [5.74, 6) is -1.65. The fourth-order valence-corrected chi connectivity index (χ4v) is 2.76. The van der Waals surface area contributed by atoms with Crippen LogP contribution in [0.1, 0.15) is 58.8 Å². The third-order valence-corrected chi connectivity index (χ3v) is 4.03. The summed E-state index contributed by atoms with van der Waals surface area (Å²) in [6.45, 7) is 4.03. The highest BCUT2D eigenvalue weighted by Gasteiger charge is 2.46. The number of hydroxylamine groups is 2. The number of amides is 2. The molecule has 0 unspecified atom stereocenters. The van der Waals surface area contributed by atoms with Crippen LogP contribution in [0.3, 0.4) is 0 Å². The first kappa shape index (κ1) is 18.2. The maximum Gasteiger partial charge on any atom is 0.535 e. The lowest BCUT2D eigenvalue weighted by molar-refractivity contribution is -0.191. The van der Waals surface area contributed by atoms with E-state index in [2.05, 4.69) is 0 Å². The van der Waals surface area contributed by atoms with Gasteiger partial charge in [0, 0.05) is 12.8 Å². The van der Waals surface area contributed by atoms with E-state index < -0.39 is 29.5 Å². The Bertz CT molecular complexity index is 507. The fraction of sp³-hybridized carbons (Fsp3) is 0.750. The fourth-order valence-electron chi connectivity index (χ4n) is 2.76. The van der Waals surface area contributed by atoms with Crippen LogP contribution >= 0.6 is 0 Å². The molecule has 1 aliphatic carbocycles. The molecule has 0 spiro atoms. The zero-order valence-electron chi connectivity index (χ0n) is 14.0. The molecule has 0 atom stereocenters. The van der Waals surface area contributed by atoms with Crippen LogP contribution in [0.25, 0.3) is 0 Å². The van der Waals surface area contributed by atoms with Gasteiger partial charge in [-0.2, -0.15) is 0 Å². The molecule has 1 saturated carbocycles. The summed E-state index contributed by atoms with van der Waals surface area (Å²) in [5, 5.41) is 0.401. The Balaban J connectivity index is 2.02. The van der Waals surface area contributed by atoms with E-state index in [9.17, 15) is 19.2 Å². The van der Waals surface area contributed by atoms with Crippen molar-refractivity contribution >= 4 is 23.9 Å². The predicted molar refractivity (Wildman–Crippen MR) is 80.3 cm³/mol. The van der Waals surface area contributed by atoms with Crippen molar-refractivity contribution in [3.63, 3.8) is 0 Å². The van der Waals surface area contributed by atoms with Gasteiger partial charge in [0.15, 0.2) is 0 Å². The highest BCUT2D eigenvalue weighted by molar-refractivity contribution is 6.01. The molecule has 2 amide bonds. The molecule has 2 rings (SSSR count). The van der Waals surface area contributed by atoms with Crippen LogP contribution in [0.5, 0.6) is 0 Å². The van der Waals surface area contributed by atoms with Gasteiger partial charge < -0.3 is 9.47 Å². The minimum absolute atomic E-state index is 0.00626. The van der Waals surface area contributed by atoms with Crippen molar-refractivity contribution < 1.29 is 33.5 Å². The molecule has 0 aromatic rings. The van der Waals surface area contributed by atoms with E-state index in [4.69, 9.17) is 14.3 Å². The number of ether oxygens (including phenoxy) is 2. The topological polar surface area (TPSA) is 99.2 Å². The van der Waals surface area contributed by atoms with Gasteiger partial charge in [-0.15, -0.1) is 0 Å². The summed E-state index contributed by atoms with van der Waals surface area (Å²) in [4.78, 5) is 52.1. The first-order chi connectivity index (χ1) is 11.3. The molecular weight excluding hydrogens is 318 g/mol. The Hall–Kier alpha value is -2.12. The molecule has 0 N–H and O–H groups in total. The van der Waals surface area contributed by atoms with Gasteiger partial charge in [-0.25, -0.2) is 9.59 Å². The van der Waals surface area contributed by atoms with Crippen LogP contribution in [0.4, 0.5) is 4.79 Å². The van der Waals surface area contributed by atoms with Gasteiger partial charge in [0.1, 0.15) is 0 Å². The van der Waals surface area contributed by atoms with E-state index >= 15 is 0 Å². The largest absolute Gasteiger partial charge is 0.535 e. The van der Waals surface area contributed by atoms with E-state index in [0.29, 0.717) is 30.7 Å². The lowest BCUT2D eigenvalue weighted by atomic mass is 9.84. The maximum absolute atomic E-state index is 12.4. The molecule has 0 aromatic heterocycles. The quantitative estimate of drug-likeness (QED) is 0.557. The number of hydrogen-bond donors (Lipinski definition) is 0. The van der Waals surface area contributed by atoms with Crippen molar-refractivity contribution in [2.75, 3.05) is 6.61 Å². The van der Waals surface area contributed by atoms with Crippen LogP contribution in [-0.4, -0.2) is 41.2 Å². The summed E-state index contributed by atoms with van der Waals surface area (Å²) in [7, 11) is 0. The molecule has 8 nitrogen and oxygen atoms in total. The molecule has 1 heterocycles. The molecule has 1 aliphatic heterocycles. The number of nitrogens with zero attached hydrogens (tertiary/aromatic N) is 1. The Morgan fingerprint density at radius 3 is 2.21 bits per heavy atom. The number of carbonyl (C=O) groups is 4. The van der Waals surface area contributed by atoms with E-state index in [1.54, 1.807) is 0 Å². The highest BCUT2D eigenvalue weighted by atomic mass is 16.8. The molecule has 2 fully saturated rings. The zero-order chi connectivity index (χ0) is 17.7. The van der Waals surface area contributed by atoms with E-state index in [1.165, 1.54) is 0 Å². The molecule has 0 radical (unpaired) electrons. The Morgan fingerprint density at radius 1 is 1.08 bits per heavy atom. The Kier molecular flexibility index (Phi) is 5.80. The van der Waals surface area contributed by atoms with Gasteiger partial charge in [-0.3, -0.25) is 14.4 Å². The predicted octanol–water partition coefficient (Wildman–Crippen LogP) is 2.11. The highest BCUT2D eigenvalue weighted by Crippen LogP contribution is 2.33.